The molecule has 104 valence electrons. The number of hydrogen-bond acceptors (Lipinski definition) is 4. The number of piperazine rings is 1. The first-order chi connectivity index (χ1) is 8.99. The van der Waals surface area contributed by atoms with Gasteiger partial charge >= 0.3 is 0 Å². The van der Waals surface area contributed by atoms with Gasteiger partial charge in [0.1, 0.15) is 0 Å². The summed E-state index contributed by atoms with van der Waals surface area (Å²) < 4.78 is 0. The molecule has 5 heteroatoms. The smallest absolute Gasteiger partial charge is 0.272 e. The van der Waals surface area contributed by atoms with Crippen molar-refractivity contribution in [2.75, 3.05) is 19.6 Å². The summed E-state index contributed by atoms with van der Waals surface area (Å²) in [5.41, 5.74) is 1.95. The molecule has 1 fully saturated rings. The van der Waals surface area contributed by atoms with E-state index < -0.39 is 0 Å². The third-order valence-electron chi connectivity index (χ3n) is 3.86. The van der Waals surface area contributed by atoms with Crippen LogP contribution in [0.2, 0.25) is 0 Å². The molecule has 1 heterocycles. The average Bonchev–Trinajstić information content (AvgIpc) is 2.38. The Morgan fingerprint density at radius 2 is 2.26 bits per heavy atom. The van der Waals surface area contributed by atoms with Crippen LogP contribution in [0.5, 0.6) is 0 Å². The molecular formula is C14H21N3O2. The van der Waals surface area contributed by atoms with Crippen LogP contribution in [0.1, 0.15) is 31.0 Å². The van der Waals surface area contributed by atoms with Crippen LogP contribution in [0, 0.1) is 17.0 Å². The summed E-state index contributed by atoms with van der Waals surface area (Å²) in [4.78, 5) is 13.1. The van der Waals surface area contributed by atoms with Crippen LogP contribution in [0.25, 0.3) is 0 Å². The summed E-state index contributed by atoms with van der Waals surface area (Å²) in [5, 5.41) is 14.4. The Balaban J connectivity index is 2.21. The molecule has 19 heavy (non-hydrogen) atoms. The Kier molecular flexibility index (Phi) is 4.17. The average molecular weight is 263 g/mol. The lowest BCUT2D eigenvalue weighted by molar-refractivity contribution is -0.385. The maximum Gasteiger partial charge on any atom is 0.272 e. The topological polar surface area (TPSA) is 58.4 Å². The van der Waals surface area contributed by atoms with Gasteiger partial charge in [0.05, 0.1) is 4.92 Å². The molecule has 1 N–H and O–H groups in total. The van der Waals surface area contributed by atoms with Gasteiger partial charge < -0.3 is 5.32 Å². The molecule has 0 aliphatic carbocycles. The first kappa shape index (κ1) is 14.0. The normalized spacial score (nSPS) is 22.2. The highest BCUT2D eigenvalue weighted by molar-refractivity contribution is 5.43. The van der Waals surface area contributed by atoms with Gasteiger partial charge in [-0.2, -0.15) is 0 Å². The molecule has 1 aliphatic heterocycles. The first-order valence-electron chi connectivity index (χ1n) is 6.71. The molecule has 0 radical (unpaired) electrons. The summed E-state index contributed by atoms with van der Waals surface area (Å²) in [5.74, 6) is 0. The lowest BCUT2D eigenvalue weighted by Gasteiger charge is -2.36. The molecule has 2 rings (SSSR count). The van der Waals surface area contributed by atoms with E-state index in [0.29, 0.717) is 6.04 Å². The number of nitrogens with one attached hydrogen (secondary N) is 1. The summed E-state index contributed by atoms with van der Waals surface area (Å²) in [6.07, 6.45) is 0. The number of nitrogens with zero attached hydrogens (tertiary/aromatic N) is 2. The van der Waals surface area contributed by atoms with Crippen molar-refractivity contribution in [1.29, 1.82) is 0 Å². The van der Waals surface area contributed by atoms with Crippen LogP contribution >= 0.6 is 0 Å². The highest BCUT2D eigenvalue weighted by atomic mass is 16.6. The van der Waals surface area contributed by atoms with E-state index in [1.807, 2.05) is 12.1 Å². The van der Waals surface area contributed by atoms with Crippen LogP contribution in [0.4, 0.5) is 5.69 Å². The third kappa shape index (κ3) is 3.11. The van der Waals surface area contributed by atoms with E-state index in [0.717, 1.165) is 30.8 Å². The number of rotatable bonds is 3. The minimum Gasteiger partial charge on any atom is -0.312 e. The van der Waals surface area contributed by atoms with Crippen molar-refractivity contribution in [1.82, 2.24) is 10.2 Å². The number of hydrogen-bond donors (Lipinski definition) is 1. The Hall–Kier alpha value is -1.46. The van der Waals surface area contributed by atoms with Crippen molar-refractivity contribution >= 4 is 5.69 Å². The van der Waals surface area contributed by atoms with Crippen molar-refractivity contribution in [3.63, 3.8) is 0 Å². The van der Waals surface area contributed by atoms with Gasteiger partial charge in [-0.1, -0.05) is 12.1 Å². The van der Waals surface area contributed by atoms with Gasteiger partial charge in [-0.3, -0.25) is 15.0 Å². The molecule has 0 aromatic heterocycles. The molecule has 1 aliphatic rings. The second-order valence-corrected chi connectivity index (χ2v) is 5.33. The van der Waals surface area contributed by atoms with Crippen molar-refractivity contribution in [3.8, 4) is 0 Å². The fourth-order valence-electron chi connectivity index (χ4n) is 2.61. The molecule has 0 amide bonds. The molecule has 1 aromatic carbocycles. The van der Waals surface area contributed by atoms with Crippen molar-refractivity contribution < 1.29 is 4.92 Å². The molecule has 2 atom stereocenters. The van der Waals surface area contributed by atoms with Gasteiger partial charge in [-0.25, -0.2) is 0 Å². The minimum atomic E-state index is -0.300. The van der Waals surface area contributed by atoms with Gasteiger partial charge in [0.2, 0.25) is 0 Å². The van der Waals surface area contributed by atoms with Crippen LogP contribution in [-0.2, 0) is 0 Å². The Morgan fingerprint density at radius 1 is 1.53 bits per heavy atom. The molecule has 1 saturated heterocycles. The second-order valence-electron chi connectivity index (χ2n) is 5.33. The van der Waals surface area contributed by atoms with E-state index in [1.54, 1.807) is 13.0 Å². The molecule has 5 nitrogen and oxygen atoms in total. The predicted molar refractivity (Wildman–Crippen MR) is 75.3 cm³/mol. The maximum atomic E-state index is 11.0. The third-order valence-corrected chi connectivity index (χ3v) is 3.86. The molecule has 2 unspecified atom stereocenters. The fourth-order valence-corrected chi connectivity index (χ4v) is 2.61. The highest BCUT2D eigenvalue weighted by Gasteiger charge is 2.23. The summed E-state index contributed by atoms with van der Waals surface area (Å²) in [7, 11) is 0. The van der Waals surface area contributed by atoms with Crippen LogP contribution in [0.3, 0.4) is 0 Å². The lowest BCUT2D eigenvalue weighted by Crippen LogP contribution is -2.49. The number of nitro groups is 1. The molecule has 0 spiro atoms. The second kappa shape index (κ2) is 5.67. The van der Waals surface area contributed by atoms with Crippen LogP contribution < -0.4 is 5.32 Å². The zero-order valence-electron chi connectivity index (χ0n) is 11.7. The zero-order chi connectivity index (χ0) is 14.0. The fraction of sp³-hybridized carbons (Fsp3) is 0.571. The zero-order valence-corrected chi connectivity index (χ0v) is 11.7. The van der Waals surface area contributed by atoms with Gasteiger partial charge in [0, 0.05) is 43.3 Å². The quantitative estimate of drug-likeness (QED) is 0.671. The van der Waals surface area contributed by atoms with E-state index in [9.17, 15) is 10.1 Å². The summed E-state index contributed by atoms with van der Waals surface area (Å²) >= 11 is 0. The van der Waals surface area contributed by atoms with Gasteiger partial charge in [0.15, 0.2) is 0 Å². The molecule has 0 saturated carbocycles. The van der Waals surface area contributed by atoms with Crippen LogP contribution in [-0.4, -0.2) is 35.5 Å². The number of nitro benzene ring substituents is 1. The van der Waals surface area contributed by atoms with Crippen molar-refractivity contribution in [2.24, 2.45) is 0 Å². The standard InChI is InChI=1S/C14H21N3O2/c1-10-4-5-13(8-14(10)17(18)19)12(3)16-7-6-15-11(2)9-16/h4-5,8,11-12,15H,6-7,9H2,1-3H3. The molecule has 0 bridgehead atoms. The number of aryl methyl sites for hydroxylation is 1. The van der Waals surface area contributed by atoms with Crippen LogP contribution in [0.15, 0.2) is 18.2 Å². The Morgan fingerprint density at radius 3 is 2.89 bits per heavy atom. The monoisotopic (exact) mass is 263 g/mol. The van der Waals surface area contributed by atoms with E-state index in [1.165, 1.54) is 0 Å². The van der Waals surface area contributed by atoms with E-state index >= 15 is 0 Å². The summed E-state index contributed by atoms with van der Waals surface area (Å²) in [6, 6.07) is 6.24. The van der Waals surface area contributed by atoms with Gasteiger partial charge in [-0.05, 0) is 26.3 Å². The SMILES string of the molecule is Cc1ccc(C(C)N2CCNC(C)C2)cc1[N+](=O)[O-]. The molecular weight excluding hydrogens is 242 g/mol. The van der Waals surface area contributed by atoms with Crippen molar-refractivity contribution in [2.45, 2.75) is 32.9 Å². The van der Waals surface area contributed by atoms with E-state index in [-0.39, 0.29) is 16.7 Å². The Bertz CT molecular complexity index is 476. The number of benzene rings is 1. The van der Waals surface area contributed by atoms with Crippen molar-refractivity contribution in [3.05, 3.63) is 39.4 Å². The first-order valence-corrected chi connectivity index (χ1v) is 6.71. The van der Waals surface area contributed by atoms with Gasteiger partial charge in [-0.15, -0.1) is 0 Å². The Labute approximate surface area is 113 Å². The molecule has 1 aromatic rings. The van der Waals surface area contributed by atoms with E-state index in [4.69, 9.17) is 0 Å². The highest BCUT2D eigenvalue weighted by Crippen LogP contribution is 2.27. The van der Waals surface area contributed by atoms with E-state index in [2.05, 4.69) is 24.1 Å². The minimum absolute atomic E-state index is 0.212. The summed E-state index contributed by atoms with van der Waals surface area (Å²) in [6.45, 7) is 8.98. The lowest BCUT2D eigenvalue weighted by atomic mass is 10.0. The predicted octanol–water partition coefficient (Wildman–Crippen LogP) is 2.26. The van der Waals surface area contributed by atoms with Gasteiger partial charge in [0.25, 0.3) is 5.69 Å². The largest absolute Gasteiger partial charge is 0.312 e. The maximum absolute atomic E-state index is 11.0.